The minimum absolute atomic E-state index is 0.113. The van der Waals surface area contributed by atoms with Crippen LogP contribution in [0.25, 0.3) is 0 Å². The number of carbonyl (C=O) groups is 1. The van der Waals surface area contributed by atoms with Gasteiger partial charge in [-0.15, -0.1) is 0 Å². The Hall–Kier alpha value is -1.62. The third kappa shape index (κ3) is 2.95. The number of amides is 1. The lowest BCUT2D eigenvalue weighted by molar-refractivity contribution is -0.138. The van der Waals surface area contributed by atoms with Gasteiger partial charge in [-0.3, -0.25) is 9.48 Å². The third-order valence-corrected chi connectivity index (χ3v) is 5.81. The molecule has 1 aromatic heterocycles. The van der Waals surface area contributed by atoms with Crippen LogP contribution in [0.15, 0.2) is 6.20 Å². The molecule has 1 aliphatic rings. The Balaban J connectivity index is 2.12. The average molecular weight is 340 g/mol. The Morgan fingerprint density at radius 1 is 1.45 bits per heavy atom. The van der Waals surface area contributed by atoms with E-state index >= 15 is 0 Å². The van der Waals surface area contributed by atoms with Crippen molar-refractivity contribution in [3.05, 3.63) is 17.5 Å². The Labute approximate surface area is 125 Å². The number of alkyl halides is 3. The van der Waals surface area contributed by atoms with Crippen LogP contribution >= 0.6 is 0 Å². The molecule has 7 nitrogen and oxygen atoms in total. The first-order chi connectivity index (χ1) is 10.0. The Bertz CT molecular complexity index is 683. The molecule has 0 bridgehead atoms. The van der Waals surface area contributed by atoms with Crippen molar-refractivity contribution in [2.45, 2.75) is 24.4 Å². The van der Waals surface area contributed by atoms with Crippen molar-refractivity contribution >= 4 is 15.9 Å². The zero-order valence-corrected chi connectivity index (χ0v) is 12.7. The van der Waals surface area contributed by atoms with Crippen LogP contribution in [0.1, 0.15) is 17.7 Å². The summed E-state index contributed by atoms with van der Waals surface area (Å²) in [4.78, 5) is 11.9. The Morgan fingerprint density at radius 3 is 2.59 bits per heavy atom. The van der Waals surface area contributed by atoms with Crippen molar-refractivity contribution in [3.63, 3.8) is 0 Å². The predicted molar refractivity (Wildman–Crippen MR) is 70.0 cm³/mol. The molecule has 2 rings (SSSR count). The number of halogens is 3. The molecule has 22 heavy (non-hydrogen) atoms. The van der Waals surface area contributed by atoms with Gasteiger partial charge in [0.15, 0.2) is 5.25 Å². The second kappa shape index (κ2) is 5.54. The van der Waals surface area contributed by atoms with Gasteiger partial charge < -0.3 is 5.32 Å². The fourth-order valence-corrected chi connectivity index (χ4v) is 3.80. The number of carbonyl (C=O) groups excluding carboxylic acids is 1. The third-order valence-electron chi connectivity index (χ3n) is 3.59. The summed E-state index contributed by atoms with van der Waals surface area (Å²) in [6, 6.07) is 0. The predicted octanol–water partition coefficient (Wildman–Crippen LogP) is 0.0890. The number of nitrogens with one attached hydrogen (secondary N) is 1. The van der Waals surface area contributed by atoms with Gasteiger partial charge in [-0.05, 0) is 6.42 Å². The van der Waals surface area contributed by atoms with E-state index in [0.717, 1.165) is 8.99 Å². The second-order valence-corrected chi connectivity index (χ2v) is 7.21. The fourth-order valence-electron chi connectivity index (χ4n) is 2.25. The summed E-state index contributed by atoms with van der Waals surface area (Å²) in [6.07, 6.45) is -3.81. The molecule has 11 heteroatoms. The summed E-state index contributed by atoms with van der Waals surface area (Å²) < 4.78 is 64.1. The second-order valence-electron chi connectivity index (χ2n) is 4.99. The molecule has 1 atom stereocenters. The summed E-state index contributed by atoms with van der Waals surface area (Å²) >= 11 is 0. The minimum atomic E-state index is -4.59. The molecule has 0 aromatic carbocycles. The van der Waals surface area contributed by atoms with Gasteiger partial charge in [0.05, 0.1) is 24.0 Å². The highest BCUT2D eigenvalue weighted by Gasteiger charge is 2.42. The van der Waals surface area contributed by atoms with Gasteiger partial charge in [-0.2, -0.15) is 18.3 Å². The lowest BCUT2D eigenvalue weighted by Crippen LogP contribution is -2.39. The van der Waals surface area contributed by atoms with Gasteiger partial charge in [0.25, 0.3) is 0 Å². The van der Waals surface area contributed by atoms with E-state index in [0.29, 0.717) is 6.20 Å². The summed E-state index contributed by atoms with van der Waals surface area (Å²) in [5.41, 5.74) is -1.19. The number of rotatable bonds is 3. The minimum Gasteiger partial charge on any atom is -0.349 e. The molecule has 1 fully saturated rings. The average Bonchev–Trinajstić information content (AvgIpc) is 2.88. The van der Waals surface area contributed by atoms with Crippen LogP contribution in [0.5, 0.6) is 0 Å². The van der Waals surface area contributed by atoms with Crippen molar-refractivity contribution in [2.75, 3.05) is 13.6 Å². The molecule has 0 saturated carbocycles. The number of sulfonamides is 1. The van der Waals surface area contributed by atoms with E-state index in [2.05, 4.69) is 10.4 Å². The van der Waals surface area contributed by atoms with Crippen LogP contribution in [-0.4, -0.2) is 47.3 Å². The van der Waals surface area contributed by atoms with Crippen LogP contribution in [0.2, 0.25) is 0 Å². The first-order valence-corrected chi connectivity index (χ1v) is 7.86. The molecule has 1 aliphatic heterocycles. The summed E-state index contributed by atoms with van der Waals surface area (Å²) in [5, 5.41) is 4.51. The van der Waals surface area contributed by atoms with Crippen molar-refractivity contribution in [3.8, 4) is 0 Å². The van der Waals surface area contributed by atoms with Gasteiger partial charge in [0.1, 0.15) is 0 Å². The topological polar surface area (TPSA) is 84.3 Å². The molecule has 2 heterocycles. The molecular formula is C11H15F3N4O3S. The summed E-state index contributed by atoms with van der Waals surface area (Å²) in [5.74, 6) is -0.807. The largest absolute Gasteiger partial charge is 0.419 e. The highest BCUT2D eigenvalue weighted by molar-refractivity contribution is 7.90. The SMILES string of the molecule is CN1CCC(C(=O)NCc2c(C(F)(F)F)cnn2C)S1(=O)=O. The zero-order chi connectivity index (χ0) is 16.7. The smallest absolute Gasteiger partial charge is 0.349 e. The normalized spacial score (nSPS) is 22.0. The van der Waals surface area contributed by atoms with E-state index in [9.17, 15) is 26.4 Å². The van der Waals surface area contributed by atoms with Gasteiger partial charge in [-0.1, -0.05) is 0 Å². The molecular weight excluding hydrogens is 325 g/mol. The van der Waals surface area contributed by atoms with Gasteiger partial charge in [0.2, 0.25) is 15.9 Å². The number of hydrogen-bond acceptors (Lipinski definition) is 4. The summed E-state index contributed by atoms with van der Waals surface area (Å²) in [6.45, 7) is -0.236. The van der Waals surface area contributed by atoms with E-state index < -0.39 is 39.5 Å². The molecule has 1 unspecified atom stereocenters. The number of aryl methyl sites for hydroxylation is 1. The maximum Gasteiger partial charge on any atom is 0.419 e. The van der Waals surface area contributed by atoms with Crippen molar-refractivity contribution in [1.29, 1.82) is 0 Å². The molecule has 0 radical (unpaired) electrons. The summed E-state index contributed by atoms with van der Waals surface area (Å²) in [7, 11) is -1.06. The quantitative estimate of drug-likeness (QED) is 0.845. The van der Waals surface area contributed by atoms with Crippen molar-refractivity contribution in [1.82, 2.24) is 19.4 Å². The van der Waals surface area contributed by atoms with Gasteiger partial charge in [0, 0.05) is 20.6 Å². The molecule has 1 N–H and O–H groups in total. The van der Waals surface area contributed by atoms with E-state index in [1.807, 2.05) is 0 Å². The van der Waals surface area contributed by atoms with E-state index in [1.165, 1.54) is 14.1 Å². The lowest BCUT2D eigenvalue weighted by atomic mass is 10.2. The molecule has 1 saturated heterocycles. The first kappa shape index (κ1) is 16.7. The Kier molecular flexibility index (Phi) is 4.22. The number of aromatic nitrogens is 2. The van der Waals surface area contributed by atoms with Gasteiger partial charge >= 0.3 is 6.18 Å². The maximum absolute atomic E-state index is 12.8. The Morgan fingerprint density at radius 2 is 2.09 bits per heavy atom. The fraction of sp³-hybridized carbons (Fsp3) is 0.636. The first-order valence-electron chi connectivity index (χ1n) is 6.36. The maximum atomic E-state index is 12.8. The van der Waals surface area contributed by atoms with Crippen LogP contribution in [0.3, 0.4) is 0 Å². The monoisotopic (exact) mass is 340 g/mol. The lowest BCUT2D eigenvalue weighted by Gasteiger charge is -2.14. The highest BCUT2D eigenvalue weighted by Crippen LogP contribution is 2.31. The molecule has 0 spiro atoms. The van der Waals surface area contributed by atoms with Gasteiger partial charge in [-0.25, -0.2) is 12.7 Å². The van der Waals surface area contributed by atoms with Crippen LogP contribution in [-0.2, 0) is 34.6 Å². The molecule has 0 aliphatic carbocycles. The van der Waals surface area contributed by atoms with Crippen molar-refractivity contribution in [2.24, 2.45) is 7.05 Å². The van der Waals surface area contributed by atoms with E-state index in [4.69, 9.17) is 0 Å². The standard InChI is InChI=1S/C11H15F3N4O3S/c1-17-4-3-9(22(17,20)21)10(19)15-6-8-7(11(12,13)14)5-16-18(8)2/h5,9H,3-4,6H2,1-2H3,(H,15,19). The van der Waals surface area contributed by atoms with Crippen LogP contribution in [0.4, 0.5) is 13.2 Å². The van der Waals surface area contributed by atoms with Crippen LogP contribution < -0.4 is 5.32 Å². The molecule has 1 aromatic rings. The van der Waals surface area contributed by atoms with E-state index in [-0.39, 0.29) is 18.7 Å². The highest BCUT2D eigenvalue weighted by atomic mass is 32.2. The van der Waals surface area contributed by atoms with E-state index in [1.54, 1.807) is 0 Å². The molecule has 124 valence electrons. The van der Waals surface area contributed by atoms with Crippen LogP contribution in [0, 0.1) is 0 Å². The van der Waals surface area contributed by atoms with Crippen molar-refractivity contribution < 1.29 is 26.4 Å². The molecule has 1 amide bonds. The number of nitrogens with zero attached hydrogens (tertiary/aromatic N) is 3. The number of hydrogen-bond donors (Lipinski definition) is 1. The zero-order valence-electron chi connectivity index (χ0n) is 11.9.